The minimum absolute atomic E-state index is 0.163. The Balaban J connectivity index is 3.59. The molecule has 0 aliphatic heterocycles. The van der Waals surface area contributed by atoms with Crippen LogP contribution in [0.1, 0.15) is 19.8 Å². The topological polar surface area (TPSA) is 0 Å². The fraction of sp³-hybridized carbons (Fsp3) is 0.833. The molecule has 0 amide bonds. The van der Waals surface area contributed by atoms with Crippen LogP contribution in [0.4, 0.5) is 13.2 Å². The Morgan fingerprint density at radius 3 is 2.11 bits per heavy atom. The second-order valence-electron chi connectivity index (χ2n) is 2.07. The lowest BCUT2D eigenvalue weighted by molar-refractivity contribution is -0.0574. The second-order valence-corrected chi connectivity index (χ2v) is 2.07. The van der Waals surface area contributed by atoms with Crippen molar-refractivity contribution in [1.29, 1.82) is 0 Å². The molecule has 0 aliphatic rings. The molecule has 0 saturated carbocycles. The Labute approximate surface area is 53.1 Å². The number of alkyl halides is 3. The fourth-order valence-electron chi connectivity index (χ4n) is 0.433. The van der Waals surface area contributed by atoms with Gasteiger partial charge < -0.3 is 0 Å². The molecule has 0 heterocycles. The maximum Gasteiger partial charge on any atom is 0.275 e. The summed E-state index contributed by atoms with van der Waals surface area (Å²) in [5.74, 6) is -3.20. The van der Waals surface area contributed by atoms with Crippen molar-refractivity contribution in [2.24, 2.45) is 0 Å². The van der Waals surface area contributed by atoms with E-state index in [1.807, 2.05) is 0 Å². The third-order valence-electron chi connectivity index (χ3n) is 1.01. The van der Waals surface area contributed by atoms with Crippen LogP contribution in [0.2, 0.25) is 0 Å². The summed E-state index contributed by atoms with van der Waals surface area (Å²) in [5.41, 5.74) is 0. The molecule has 1 atom stereocenters. The quantitative estimate of drug-likeness (QED) is 0.563. The molecular formula is C6H10F3. The van der Waals surface area contributed by atoms with Gasteiger partial charge in [0.2, 0.25) is 0 Å². The number of halogens is 3. The number of rotatable bonds is 3. The van der Waals surface area contributed by atoms with Crippen LogP contribution in [0.3, 0.4) is 0 Å². The molecule has 0 aliphatic carbocycles. The number of hydrogen-bond acceptors (Lipinski definition) is 0. The first-order valence-electron chi connectivity index (χ1n) is 2.79. The predicted molar refractivity (Wildman–Crippen MR) is 30.1 cm³/mol. The van der Waals surface area contributed by atoms with Crippen LogP contribution in [0.5, 0.6) is 0 Å². The Kier molecular flexibility index (Phi) is 3.01. The summed E-state index contributed by atoms with van der Waals surface area (Å²) in [6.07, 6.45) is -1.98. The van der Waals surface area contributed by atoms with Crippen LogP contribution in [0.25, 0.3) is 0 Å². The molecule has 1 radical (unpaired) electrons. The monoisotopic (exact) mass is 139 g/mol. The van der Waals surface area contributed by atoms with Crippen LogP contribution in [0.15, 0.2) is 0 Å². The third kappa shape index (κ3) is 3.38. The van der Waals surface area contributed by atoms with Gasteiger partial charge in [-0.15, -0.1) is 0 Å². The standard InChI is InChI=1S/C6H10F3/c1-3-4-5(7)6(2,8)9/h5H,1,3-4H2,2H3/t5-/m0/s1. The minimum Gasteiger partial charge on any atom is -0.241 e. The normalized spacial score (nSPS) is 15.7. The molecule has 9 heavy (non-hydrogen) atoms. The molecule has 0 aromatic carbocycles. The predicted octanol–water partition coefficient (Wildman–Crippen LogP) is 2.59. The highest BCUT2D eigenvalue weighted by Gasteiger charge is 2.32. The van der Waals surface area contributed by atoms with E-state index in [0.717, 1.165) is 0 Å². The summed E-state index contributed by atoms with van der Waals surface area (Å²) in [4.78, 5) is 0. The first-order chi connectivity index (χ1) is 3.98. The second kappa shape index (κ2) is 3.08. The maximum absolute atomic E-state index is 12.1. The summed E-state index contributed by atoms with van der Waals surface area (Å²) in [5, 5.41) is 0. The van der Waals surface area contributed by atoms with Crippen molar-refractivity contribution in [3.8, 4) is 0 Å². The lowest BCUT2D eigenvalue weighted by atomic mass is 10.1. The molecule has 0 unspecified atom stereocenters. The van der Waals surface area contributed by atoms with Crippen molar-refractivity contribution >= 4 is 0 Å². The highest BCUT2D eigenvalue weighted by Crippen LogP contribution is 2.23. The zero-order valence-corrected chi connectivity index (χ0v) is 5.33. The van der Waals surface area contributed by atoms with Gasteiger partial charge in [-0.3, -0.25) is 0 Å². The molecule has 0 saturated heterocycles. The summed E-state index contributed by atoms with van der Waals surface area (Å²) >= 11 is 0. The van der Waals surface area contributed by atoms with Crippen molar-refractivity contribution in [3.63, 3.8) is 0 Å². The SMILES string of the molecule is [CH2]CC[C@H](F)C(C)(F)F. The summed E-state index contributed by atoms with van der Waals surface area (Å²) in [7, 11) is 0. The van der Waals surface area contributed by atoms with E-state index in [1.54, 1.807) is 0 Å². The smallest absolute Gasteiger partial charge is 0.241 e. The van der Waals surface area contributed by atoms with Crippen LogP contribution in [-0.4, -0.2) is 12.1 Å². The fourth-order valence-corrected chi connectivity index (χ4v) is 0.433. The van der Waals surface area contributed by atoms with E-state index >= 15 is 0 Å². The van der Waals surface area contributed by atoms with Crippen LogP contribution in [0, 0.1) is 6.92 Å². The summed E-state index contributed by atoms with van der Waals surface area (Å²) in [6, 6.07) is 0. The van der Waals surface area contributed by atoms with Gasteiger partial charge in [-0.05, 0) is 6.42 Å². The highest BCUT2D eigenvalue weighted by molar-refractivity contribution is 4.71. The first kappa shape index (κ1) is 8.79. The Morgan fingerprint density at radius 1 is 1.56 bits per heavy atom. The van der Waals surface area contributed by atoms with E-state index in [4.69, 9.17) is 0 Å². The van der Waals surface area contributed by atoms with E-state index in [-0.39, 0.29) is 12.8 Å². The van der Waals surface area contributed by atoms with Crippen molar-refractivity contribution < 1.29 is 13.2 Å². The Bertz CT molecular complexity index is 74.9. The van der Waals surface area contributed by atoms with Crippen molar-refractivity contribution in [2.75, 3.05) is 0 Å². The van der Waals surface area contributed by atoms with E-state index in [0.29, 0.717) is 6.92 Å². The van der Waals surface area contributed by atoms with Gasteiger partial charge in [-0.1, -0.05) is 13.3 Å². The van der Waals surface area contributed by atoms with E-state index < -0.39 is 12.1 Å². The summed E-state index contributed by atoms with van der Waals surface area (Å²) < 4.78 is 35.9. The van der Waals surface area contributed by atoms with Gasteiger partial charge in [-0.25, -0.2) is 13.2 Å². The van der Waals surface area contributed by atoms with Gasteiger partial charge >= 0.3 is 0 Å². The molecule has 0 aromatic rings. The van der Waals surface area contributed by atoms with Crippen molar-refractivity contribution in [1.82, 2.24) is 0 Å². The molecule has 0 aromatic heterocycles. The van der Waals surface area contributed by atoms with E-state index in [9.17, 15) is 13.2 Å². The molecule has 0 bridgehead atoms. The lowest BCUT2D eigenvalue weighted by Crippen LogP contribution is -2.25. The first-order valence-corrected chi connectivity index (χ1v) is 2.79. The molecule has 0 fully saturated rings. The summed E-state index contributed by atoms with van der Waals surface area (Å²) in [6.45, 7) is 3.84. The van der Waals surface area contributed by atoms with Gasteiger partial charge in [0.15, 0.2) is 6.17 Å². The highest BCUT2D eigenvalue weighted by atomic mass is 19.3. The molecule has 55 valence electrons. The van der Waals surface area contributed by atoms with Crippen LogP contribution < -0.4 is 0 Å². The molecule has 0 N–H and O–H groups in total. The minimum atomic E-state index is -3.20. The average Bonchev–Trinajstić information content (AvgIpc) is 1.64. The van der Waals surface area contributed by atoms with Crippen LogP contribution in [-0.2, 0) is 0 Å². The number of hydrogen-bond donors (Lipinski definition) is 0. The Hall–Kier alpha value is -0.210. The van der Waals surface area contributed by atoms with Crippen molar-refractivity contribution in [2.45, 2.75) is 31.9 Å². The molecule has 0 spiro atoms. The van der Waals surface area contributed by atoms with Gasteiger partial charge in [0.25, 0.3) is 5.92 Å². The molecule has 0 nitrogen and oxygen atoms in total. The zero-order chi connectivity index (χ0) is 7.49. The average molecular weight is 139 g/mol. The van der Waals surface area contributed by atoms with E-state index in [1.165, 1.54) is 0 Å². The largest absolute Gasteiger partial charge is 0.275 e. The van der Waals surface area contributed by atoms with Gasteiger partial charge in [0, 0.05) is 6.92 Å². The maximum atomic E-state index is 12.1. The van der Waals surface area contributed by atoms with E-state index in [2.05, 4.69) is 6.92 Å². The Morgan fingerprint density at radius 2 is 2.00 bits per heavy atom. The van der Waals surface area contributed by atoms with Crippen molar-refractivity contribution in [3.05, 3.63) is 6.92 Å². The van der Waals surface area contributed by atoms with Gasteiger partial charge in [0.1, 0.15) is 0 Å². The van der Waals surface area contributed by atoms with Gasteiger partial charge in [0.05, 0.1) is 0 Å². The zero-order valence-electron chi connectivity index (χ0n) is 5.33. The molecular weight excluding hydrogens is 129 g/mol. The molecule has 3 heteroatoms. The molecule has 0 rings (SSSR count). The van der Waals surface area contributed by atoms with Crippen LogP contribution >= 0.6 is 0 Å². The van der Waals surface area contributed by atoms with Gasteiger partial charge in [-0.2, -0.15) is 0 Å². The lowest BCUT2D eigenvalue weighted by Gasteiger charge is -2.13. The third-order valence-corrected chi connectivity index (χ3v) is 1.01.